The molecule has 15 heteroatoms. The van der Waals surface area contributed by atoms with Crippen LogP contribution in [0.5, 0.6) is 11.5 Å². The smallest absolute Gasteiger partial charge is 0.417 e. The molecule has 1 aliphatic rings. The minimum Gasteiger partial charge on any atom is -0.484 e. The van der Waals surface area contributed by atoms with Gasteiger partial charge in [0.05, 0.1) is 35.7 Å². The lowest BCUT2D eigenvalue weighted by Gasteiger charge is -2.35. The van der Waals surface area contributed by atoms with Crippen LogP contribution < -0.4 is 24.4 Å². The van der Waals surface area contributed by atoms with Crippen LogP contribution in [-0.2, 0) is 14.8 Å². The Morgan fingerprint density at radius 3 is 2.66 bits per heavy atom. The summed E-state index contributed by atoms with van der Waals surface area (Å²) in [6.07, 6.45) is -0.937. The number of nitrogens with zero attached hydrogens (tertiary/aromatic N) is 3. The summed E-state index contributed by atoms with van der Waals surface area (Å²) < 4.78 is 66.0. The number of hydrogen-bond donors (Lipinski definition) is 2. The van der Waals surface area contributed by atoms with Gasteiger partial charge in [-0.2, -0.15) is 13.9 Å². The summed E-state index contributed by atoms with van der Waals surface area (Å²) in [6, 6.07) is 10.5. The second-order valence-electron chi connectivity index (χ2n) is 8.18. The molecule has 0 saturated heterocycles. The number of hydrogen-bond acceptors (Lipinski definition) is 7. The third-order valence-electron chi connectivity index (χ3n) is 5.39. The number of rotatable bonds is 7. The van der Waals surface area contributed by atoms with E-state index in [0.717, 1.165) is 10.5 Å². The Morgan fingerprint density at radius 2 is 2.00 bits per heavy atom. The molecule has 0 spiro atoms. The molecule has 0 radical (unpaired) electrons. The summed E-state index contributed by atoms with van der Waals surface area (Å²) >= 11 is 6.01. The maximum absolute atomic E-state index is 13.7. The predicted molar refractivity (Wildman–Crippen MR) is 133 cm³/mol. The molecular formula is C23H22ClF2N5O6S. The first-order chi connectivity index (χ1) is 18.0. The van der Waals surface area contributed by atoms with Crippen molar-refractivity contribution in [1.82, 2.24) is 15.1 Å². The second kappa shape index (κ2) is 10.8. The van der Waals surface area contributed by atoms with Crippen molar-refractivity contribution in [3.63, 3.8) is 0 Å². The van der Waals surface area contributed by atoms with E-state index in [9.17, 15) is 26.8 Å². The minimum absolute atomic E-state index is 0.0137. The standard InChI is InChI=1S/C23H22ClF2N5O6S/c1-13-21(12-30(29-13)22(25)26)38(34,35)31-11-16(10-27-14(2)32)36-20-8-7-15(9-18(20)31)28-23(33)37-19-6-4-3-5-17(19)24/h3-9,12,16,22H,10-11H2,1-2H3,(H,27,32)(H,28,33). The first-order valence-corrected chi connectivity index (χ1v) is 12.9. The van der Waals surface area contributed by atoms with E-state index in [1.807, 2.05) is 0 Å². The number of ether oxygens (including phenoxy) is 2. The van der Waals surface area contributed by atoms with Crippen molar-refractivity contribution in [2.75, 3.05) is 22.7 Å². The lowest BCUT2D eigenvalue weighted by atomic mass is 10.2. The van der Waals surface area contributed by atoms with Crippen LogP contribution in [-0.4, -0.2) is 49.4 Å². The van der Waals surface area contributed by atoms with E-state index in [0.29, 0.717) is 0 Å². The van der Waals surface area contributed by atoms with Gasteiger partial charge in [0.25, 0.3) is 10.0 Å². The SMILES string of the molecule is CC(=O)NCC1CN(S(=O)(=O)c2cn(C(F)F)nc2C)c2cc(NC(=O)Oc3ccccc3Cl)ccc2O1. The van der Waals surface area contributed by atoms with Gasteiger partial charge in [0.1, 0.15) is 16.7 Å². The van der Waals surface area contributed by atoms with Crippen LogP contribution in [0, 0.1) is 6.92 Å². The van der Waals surface area contributed by atoms with Gasteiger partial charge >= 0.3 is 12.6 Å². The van der Waals surface area contributed by atoms with Crippen LogP contribution >= 0.6 is 11.6 Å². The topological polar surface area (TPSA) is 132 Å². The van der Waals surface area contributed by atoms with Gasteiger partial charge in [0.15, 0.2) is 5.75 Å². The van der Waals surface area contributed by atoms with Crippen LogP contribution in [0.15, 0.2) is 53.6 Å². The summed E-state index contributed by atoms with van der Waals surface area (Å²) in [7, 11) is -4.43. The molecule has 2 aromatic carbocycles. The van der Waals surface area contributed by atoms with Gasteiger partial charge in [-0.15, -0.1) is 0 Å². The molecule has 2 heterocycles. The largest absolute Gasteiger partial charge is 0.484 e. The fraction of sp³-hybridized carbons (Fsp3) is 0.261. The number of halogens is 3. The van der Waals surface area contributed by atoms with Gasteiger partial charge < -0.3 is 14.8 Å². The van der Waals surface area contributed by atoms with Gasteiger partial charge in [0, 0.05) is 12.6 Å². The number of fused-ring (bicyclic) bond motifs is 1. The van der Waals surface area contributed by atoms with E-state index in [-0.39, 0.29) is 57.3 Å². The Labute approximate surface area is 221 Å². The molecule has 11 nitrogen and oxygen atoms in total. The van der Waals surface area contributed by atoms with E-state index in [4.69, 9.17) is 21.1 Å². The number of sulfonamides is 1. The number of anilines is 2. The van der Waals surface area contributed by atoms with Gasteiger partial charge in [-0.25, -0.2) is 17.9 Å². The summed E-state index contributed by atoms with van der Waals surface area (Å²) in [5, 5.41) is 8.87. The van der Waals surface area contributed by atoms with Crippen molar-refractivity contribution in [1.29, 1.82) is 0 Å². The van der Waals surface area contributed by atoms with Crippen LogP contribution in [0.4, 0.5) is 25.0 Å². The highest BCUT2D eigenvalue weighted by Crippen LogP contribution is 2.39. The predicted octanol–water partition coefficient (Wildman–Crippen LogP) is 3.94. The Kier molecular flexibility index (Phi) is 7.73. The molecule has 1 unspecified atom stereocenters. The highest BCUT2D eigenvalue weighted by atomic mass is 35.5. The molecule has 1 atom stereocenters. The number of nitrogens with one attached hydrogen (secondary N) is 2. The normalized spacial score (nSPS) is 15.0. The number of alkyl halides is 2. The molecule has 4 rings (SSSR count). The maximum atomic E-state index is 13.7. The monoisotopic (exact) mass is 569 g/mol. The van der Waals surface area contributed by atoms with E-state index >= 15 is 0 Å². The Morgan fingerprint density at radius 1 is 1.26 bits per heavy atom. The molecule has 1 aromatic heterocycles. The lowest BCUT2D eigenvalue weighted by Crippen LogP contribution is -2.48. The second-order valence-corrected chi connectivity index (χ2v) is 10.4. The van der Waals surface area contributed by atoms with Crippen LogP contribution in [0.25, 0.3) is 0 Å². The quantitative estimate of drug-likeness (QED) is 0.440. The average Bonchev–Trinajstić information content (AvgIpc) is 3.26. The fourth-order valence-corrected chi connectivity index (χ4v) is 5.52. The van der Waals surface area contributed by atoms with Crippen molar-refractivity contribution in [3.05, 3.63) is 59.4 Å². The van der Waals surface area contributed by atoms with E-state index in [1.54, 1.807) is 18.2 Å². The zero-order valence-electron chi connectivity index (χ0n) is 20.0. The zero-order chi connectivity index (χ0) is 27.6. The maximum Gasteiger partial charge on any atom is 0.417 e. The molecule has 38 heavy (non-hydrogen) atoms. The number of amides is 2. The summed E-state index contributed by atoms with van der Waals surface area (Å²) in [5.74, 6) is -0.108. The van der Waals surface area contributed by atoms with Crippen molar-refractivity contribution >= 4 is 45.0 Å². The summed E-state index contributed by atoms with van der Waals surface area (Å²) in [6.45, 7) is -0.720. The Hall–Kier alpha value is -3.91. The number of aryl methyl sites for hydroxylation is 1. The molecule has 0 saturated carbocycles. The minimum atomic E-state index is -4.43. The van der Waals surface area contributed by atoms with Gasteiger partial charge in [-0.05, 0) is 37.3 Å². The number of carbonyl (C=O) groups is 2. The Balaban J connectivity index is 1.67. The first kappa shape index (κ1) is 27.1. The van der Waals surface area contributed by atoms with E-state index in [1.165, 1.54) is 38.1 Å². The Bertz CT molecular complexity index is 1480. The molecule has 0 aliphatic carbocycles. The van der Waals surface area contributed by atoms with E-state index in [2.05, 4.69) is 15.7 Å². The number of para-hydroxylation sites is 1. The first-order valence-electron chi connectivity index (χ1n) is 11.1. The molecule has 0 fully saturated rings. The lowest BCUT2D eigenvalue weighted by molar-refractivity contribution is -0.119. The van der Waals surface area contributed by atoms with Gasteiger partial charge in [-0.1, -0.05) is 23.7 Å². The highest BCUT2D eigenvalue weighted by Gasteiger charge is 2.37. The van der Waals surface area contributed by atoms with E-state index < -0.39 is 33.7 Å². The highest BCUT2D eigenvalue weighted by molar-refractivity contribution is 7.92. The molecule has 3 aromatic rings. The van der Waals surface area contributed by atoms with Crippen LogP contribution in [0.3, 0.4) is 0 Å². The average molecular weight is 570 g/mol. The summed E-state index contributed by atoms with van der Waals surface area (Å²) in [4.78, 5) is 23.4. The number of carbonyl (C=O) groups excluding carboxylic acids is 2. The van der Waals surface area contributed by atoms with Gasteiger partial charge in [-0.3, -0.25) is 14.4 Å². The third-order valence-corrected chi connectivity index (χ3v) is 7.59. The fourth-order valence-electron chi connectivity index (χ4n) is 3.69. The number of aromatic nitrogens is 2. The van der Waals surface area contributed by atoms with Crippen molar-refractivity contribution < 1.29 is 36.3 Å². The zero-order valence-corrected chi connectivity index (χ0v) is 21.6. The van der Waals surface area contributed by atoms with Crippen molar-refractivity contribution in [2.45, 2.75) is 31.4 Å². The van der Waals surface area contributed by atoms with Crippen LogP contribution in [0.1, 0.15) is 19.2 Å². The van der Waals surface area contributed by atoms with Crippen LogP contribution in [0.2, 0.25) is 5.02 Å². The van der Waals surface area contributed by atoms with Crippen molar-refractivity contribution in [3.8, 4) is 11.5 Å². The molecule has 2 N–H and O–H groups in total. The molecule has 2 amide bonds. The molecule has 0 bridgehead atoms. The molecule has 202 valence electrons. The summed E-state index contributed by atoms with van der Waals surface area (Å²) in [5.41, 5.74) is 0.0584. The molecular weight excluding hydrogens is 548 g/mol. The third kappa shape index (κ3) is 5.81. The van der Waals surface area contributed by atoms with Gasteiger partial charge in [0.2, 0.25) is 5.91 Å². The number of benzene rings is 2. The van der Waals surface area contributed by atoms with Crippen molar-refractivity contribution in [2.24, 2.45) is 0 Å². The molecule has 1 aliphatic heterocycles.